The SMILES string of the molecule is CCCCC[C@H](NC(=O)OCC1c2ccccc2-c2ccccc21)C(=O)N1[C@H](C(=O)O)[C@@H](C)OC1(C)C. The van der Waals surface area contributed by atoms with Crippen molar-refractivity contribution in [1.29, 1.82) is 0 Å². The molecular weight excluding hydrogens is 472 g/mol. The summed E-state index contributed by atoms with van der Waals surface area (Å²) in [7, 11) is 0. The Morgan fingerprint density at radius 2 is 1.65 bits per heavy atom. The average Bonchev–Trinajstić information content (AvgIpc) is 3.31. The van der Waals surface area contributed by atoms with E-state index in [9.17, 15) is 19.5 Å². The monoisotopic (exact) mass is 508 g/mol. The number of amides is 2. The second-order valence-electron chi connectivity index (χ2n) is 10.3. The number of rotatable bonds is 9. The van der Waals surface area contributed by atoms with Crippen molar-refractivity contribution in [3.63, 3.8) is 0 Å². The number of hydrogen-bond donors (Lipinski definition) is 2. The molecule has 2 N–H and O–H groups in total. The Bertz CT molecular complexity index is 1120. The summed E-state index contributed by atoms with van der Waals surface area (Å²) in [6.07, 6.45) is 1.54. The molecule has 0 aromatic heterocycles. The Hall–Kier alpha value is -3.39. The number of nitrogens with zero attached hydrogens (tertiary/aromatic N) is 1. The van der Waals surface area contributed by atoms with Gasteiger partial charge < -0.3 is 19.9 Å². The molecule has 0 spiro atoms. The summed E-state index contributed by atoms with van der Waals surface area (Å²) in [6, 6.07) is 14.1. The standard InChI is InChI=1S/C29H36N2O6/c1-5-6-7-16-24(26(32)31-25(27(33)34)18(2)37-29(31,3)4)30-28(35)36-17-23-21-14-10-8-12-19(21)20-13-9-11-15-22(20)23/h8-15,18,23-25H,5-7,16-17H2,1-4H3,(H,30,35)(H,33,34)/t18-,24+,25+/m1/s1. The summed E-state index contributed by atoms with van der Waals surface area (Å²) >= 11 is 0. The van der Waals surface area contributed by atoms with E-state index in [0.717, 1.165) is 35.1 Å². The zero-order valence-corrected chi connectivity index (χ0v) is 21.9. The first-order valence-corrected chi connectivity index (χ1v) is 13.0. The number of carboxylic acids is 1. The fraction of sp³-hybridized carbons (Fsp3) is 0.483. The Labute approximate surface area is 217 Å². The van der Waals surface area contributed by atoms with E-state index in [-0.39, 0.29) is 12.5 Å². The van der Waals surface area contributed by atoms with Crippen LogP contribution in [0.1, 0.15) is 70.4 Å². The molecule has 1 heterocycles. The molecule has 198 valence electrons. The van der Waals surface area contributed by atoms with Gasteiger partial charge in [0.05, 0.1) is 6.10 Å². The molecule has 1 aliphatic carbocycles. The maximum Gasteiger partial charge on any atom is 0.407 e. The summed E-state index contributed by atoms with van der Waals surface area (Å²) < 4.78 is 11.5. The molecule has 8 nitrogen and oxygen atoms in total. The van der Waals surface area contributed by atoms with Crippen molar-refractivity contribution < 1.29 is 29.0 Å². The van der Waals surface area contributed by atoms with Gasteiger partial charge in [0, 0.05) is 5.92 Å². The fourth-order valence-corrected chi connectivity index (χ4v) is 5.64. The molecule has 37 heavy (non-hydrogen) atoms. The largest absolute Gasteiger partial charge is 0.480 e. The average molecular weight is 509 g/mol. The van der Waals surface area contributed by atoms with Gasteiger partial charge in [0.1, 0.15) is 18.4 Å². The fourth-order valence-electron chi connectivity index (χ4n) is 5.64. The molecule has 2 amide bonds. The predicted molar refractivity (Wildman–Crippen MR) is 139 cm³/mol. The smallest absolute Gasteiger partial charge is 0.407 e. The van der Waals surface area contributed by atoms with Crippen molar-refractivity contribution in [2.45, 2.75) is 83.2 Å². The van der Waals surface area contributed by atoms with Gasteiger partial charge in [-0.1, -0.05) is 74.7 Å². The Morgan fingerprint density at radius 3 is 2.22 bits per heavy atom. The number of aliphatic carboxylic acids is 1. The van der Waals surface area contributed by atoms with E-state index < -0.39 is 41.9 Å². The predicted octanol–water partition coefficient (Wildman–Crippen LogP) is 4.91. The van der Waals surface area contributed by atoms with Crippen LogP contribution in [0.3, 0.4) is 0 Å². The molecule has 1 saturated heterocycles. The van der Waals surface area contributed by atoms with Gasteiger partial charge in [-0.05, 0) is 49.4 Å². The van der Waals surface area contributed by atoms with E-state index in [4.69, 9.17) is 9.47 Å². The summed E-state index contributed by atoms with van der Waals surface area (Å²) in [5.74, 6) is -1.72. The maximum absolute atomic E-state index is 13.7. The number of carboxylic acid groups (broad SMARTS) is 1. The van der Waals surface area contributed by atoms with Crippen molar-refractivity contribution in [3.05, 3.63) is 59.7 Å². The molecule has 3 atom stereocenters. The third-order valence-corrected chi connectivity index (χ3v) is 7.30. The lowest BCUT2D eigenvalue weighted by Crippen LogP contribution is -2.58. The number of alkyl carbamates (subject to hydrolysis) is 1. The Kier molecular flexibility index (Phi) is 7.87. The molecule has 2 aromatic rings. The molecule has 2 aromatic carbocycles. The summed E-state index contributed by atoms with van der Waals surface area (Å²) in [4.78, 5) is 39.9. The quantitative estimate of drug-likeness (QED) is 0.466. The molecule has 1 aliphatic heterocycles. The Morgan fingerprint density at radius 1 is 1.05 bits per heavy atom. The summed E-state index contributed by atoms with van der Waals surface area (Å²) in [5.41, 5.74) is 3.34. The van der Waals surface area contributed by atoms with Crippen molar-refractivity contribution in [2.24, 2.45) is 0 Å². The first-order valence-electron chi connectivity index (χ1n) is 13.0. The number of unbranched alkanes of at least 4 members (excludes halogenated alkanes) is 2. The van der Waals surface area contributed by atoms with Crippen LogP contribution in [0.15, 0.2) is 48.5 Å². The molecule has 4 rings (SSSR count). The highest BCUT2D eigenvalue weighted by atomic mass is 16.6. The number of carbonyl (C=O) groups excluding carboxylic acids is 2. The minimum Gasteiger partial charge on any atom is -0.480 e. The Balaban J connectivity index is 1.49. The van der Waals surface area contributed by atoms with E-state index in [1.54, 1.807) is 20.8 Å². The van der Waals surface area contributed by atoms with Crippen LogP contribution in [0.4, 0.5) is 4.79 Å². The number of nitrogens with one attached hydrogen (secondary N) is 1. The van der Waals surface area contributed by atoms with Gasteiger partial charge in [0.25, 0.3) is 0 Å². The van der Waals surface area contributed by atoms with E-state index in [0.29, 0.717) is 12.8 Å². The zero-order valence-electron chi connectivity index (χ0n) is 21.9. The van der Waals surface area contributed by atoms with Crippen molar-refractivity contribution in [2.75, 3.05) is 6.61 Å². The maximum atomic E-state index is 13.7. The van der Waals surface area contributed by atoms with Crippen molar-refractivity contribution in [1.82, 2.24) is 10.2 Å². The second-order valence-corrected chi connectivity index (χ2v) is 10.3. The normalized spacial score (nSPS) is 20.7. The van der Waals surface area contributed by atoms with Gasteiger partial charge in [-0.15, -0.1) is 0 Å². The molecule has 1 fully saturated rings. The topological polar surface area (TPSA) is 105 Å². The van der Waals surface area contributed by atoms with Crippen LogP contribution in [0.2, 0.25) is 0 Å². The molecule has 0 saturated carbocycles. The van der Waals surface area contributed by atoms with Crippen LogP contribution in [-0.4, -0.2) is 58.5 Å². The lowest BCUT2D eigenvalue weighted by Gasteiger charge is -2.35. The van der Waals surface area contributed by atoms with E-state index >= 15 is 0 Å². The van der Waals surface area contributed by atoms with Gasteiger partial charge >= 0.3 is 12.1 Å². The van der Waals surface area contributed by atoms with Crippen LogP contribution < -0.4 is 5.32 Å². The summed E-state index contributed by atoms with van der Waals surface area (Å²) in [6.45, 7) is 7.15. The van der Waals surface area contributed by atoms with E-state index in [1.165, 1.54) is 4.90 Å². The van der Waals surface area contributed by atoms with Crippen LogP contribution in [0.5, 0.6) is 0 Å². The van der Waals surface area contributed by atoms with Crippen molar-refractivity contribution >= 4 is 18.0 Å². The van der Waals surface area contributed by atoms with Crippen LogP contribution in [0, 0.1) is 0 Å². The molecular formula is C29H36N2O6. The number of benzene rings is 2. The van der Waals surface area contributed by atoms with Gasteiger partial charge in [-0.25, -0.2) is 9.59 Å². The highest BCUT2D eigenvalue weighted by Crippen LogP contribution is 2.44. The minimum atomic E-state index is -1.14. The number of ether oxygens (including phenoxy) is 2. The lowest BCUT2D eigenvalue weighted by atomic mass is 9.98. The van der Waals surface area contributed by atoms with Crippen LogP contribution in [0.25, 0.3) is 11.1 Å². The molecule has 2 aliphatic rings. The minimum absolute atomic E-state index is 0.101. The van der Waals surface area contributed by atoms with Crippen LogP contribution in [-0.2, 0) is 19.1 Å². The van der Waals surface area contributed by atoms with Gasteiger partial charge in [0.15, 0.2) is 6.04 Å². The molecule has 8 heteroatoms. The summed E-state index contributed by atoms with van der Waals surface area (Å²) in [5, 5.41) is 12.5. The molecule has 0 radical (unpaired) electrons. The highest BCUT2D eigenvalue weighted by Gasteiger charge is 2.52. The van der Waals surface area contributed by atoms with Crippen molar-refractivity contribution in [3.8, 4) is 11.1 Å². The van der Waals surface area contributed by atoms with E-state index in [1.807, 2.05) is 36.4 Å². The van der Waals surface area contributed by atoms with Gasteiger partial charge in [0.2, 0.25) is 5.91 Å². The number of fused-ring (bicyclic) bond motifs is 3. The van der Waals surface area contributed by atoms with E-state index in [2.05, 4.69) is 24.4 Å². The molecule has 0 bridgehead atoms. The number of carbonyl (C=O) groups is 3. The third-order valence-electron chi connectivity index (χ3n) is 7.30. The third kappa shape index (κ3) is 5.34. The molecule has 0 unspecified atom stereocenters. The number of hydrogen-bond acceptors (Lipinski definition) is 5. The first kappa shape index (κ1) is 26.7. The second kappa shape index (κ2) is 10.9. The highest BCUT2D eigenvalue weighted by molar-refractivity contribution is 5.90. The van der Waals surface area contributed by atoms with Crippen LogP contribution >= 0.6 is 0 Å². The van der Waals surface area contributed by atoms with Gasteiger partial charge in [-0.2, -0.15) is 0 Å². The zero-order chi connectivity index (χ0) is 26.7. The lowest BCUT2D eigenvalue weighted by molar-refractivity contribution is -0.156. The first-order chi connectivity index (χ1) is 17.7. The van der Waals surface area contributed by atoms with Gasteiger partial charge in [-0.3, -0.25) is 9.69 Å².